The molecule has 0 saturated carbocycles. The van der Waals surface area contributed by atoms with Crippen molar-refractivity contribution < 1.29 is 0 Å². The van der Waals surface area contributed by atoms with E-state index in [1.54, 1.807) is 0 Å². The van der Waals surface area contributed by atoms with Crippen LogP contribution in [0.25, 0.3) is 10.8 Å². The van der Waals surface area contributed by atoms with Gasteiger partial charge in [0.25, 0.3) is 0 Å². The number of hydrogen-bond donors (Lipinski definition) is 1. The molecule has 0 aliphatic carbocycles. The molecule has 0 atom stereocenters. The molecule has 0 spiro atoms. The molecule has 0 unspecified atom stereocenters. The van der Waals surface area contributed by atoms with Crippen molar-refractivity contribution in [2.75, 3.05) is 0 Å². The first-order valence-electron chi connectivity index (χ1n) is 5.40. The molecule has 0 aromatic heterocycles. The van der Waals surface area contributed by atoms with Crippen LogP contribution in [0.2, 0.25) is 0 Å². The van der Waals surface area contributed by atoms with E-state index in [4.69, 9.17) is 5.41 Å². The maximum atomic E-state index is 7.08. The Hall–Kier alpha value is -1.96. The molecule has 2 aromatic rings. The van der Waals surface area contributed by atoms with E-state index in [0.29, 0.717) is 0 Å². The van der Waals surface area contributed by atoms with Crippen LogP contribution in [0.1, 0.15) is 18.9 Å². The summed E-state index contributed by atoms with van der Waals surface area (Å²) in [5.74, 6) is 0. The Morgan fingerprint density at radius 2 is 1.94 bits per heavy atom. The fourth-order valence-electron chi connectivity index (χ4n) is 1.91. The molecule has 0 aliphatic rings. The van der Waals surface area contributed by atoms with Crippen molar-refractivity contribution in [1.82, 2.24) is 0 Å². The number of fused-ring (bicyclic) bond motifs is 1. The zero-order chi connectivity index (χ0) is 11.4. The second-order valence-electron chi connectivity index (χ2n) is 3.59. The van der Waals surface area contributed by atoms with Gasteiger partial charge in [-0.25, -0.2) is 4.99 Å². The van der Waals surface area contributed by atoms with Gasteiger partial charge in [-0.15, -0.1) is 0 Å². The van der Waals surface area contributed by atoms with Gasteiger partial charge in [-0.3, -0.25) is 5.41 Å². The highest BCUT2D eigenvalue weighted by molar-refractivity contribution is 6.12. The second kappa shape index (κ2) is 4.71. The zero-order valence-electron chi connectivity index (χ0n) is 9.27. The molecule has 80 valence electrons. The van der Waals surface area contributed by atoms with Gasteiger partial charge in [0.15, 0.2) is 0 Å². The van der Waals surface area contributed by atoms with Crippen molar-refractivity contribution in [3.05, 3.63) is 48.0 Å². The lowest BCUT2D eigenvalue weighted by Crippen LogP contribution is -2.00. The Morgan fingerprint density at radius 1 is 1.19 bits per heavy atom. The summed E-state index contributed by atoms with van der Waals surface area (Å²) >= 11 is 0. The lowest BCUT2D eigenvalue weighted by molar-refractivity contribution is 1.28. The van der Waals surface area contributed by atoms with Gasteiger partial charge in [-0.05, 0) is 17.2 Å². The van der Waals surface area contributed by atoms with E-state index in [1.165, 1.54) is 10.8 Å². The van der Waals surface area contributed by atoms with Crippen LogP contribution >= 0.6 is 0 Å². The summed E-state index contributed by atoms with van der Waals surface area (Å²) in [6.07, 6.45) is 1.95. The molecule has 16 heavy (non-hydrogen) atoms. The maximum Gasteiger partial charge on any atom is 0.107 e. The van der Waals surface area contributed by atoms with Crippen molar-refractivity contribution in [3.63, 3.8) is 0 Å². The third-order valence-electron chi connectivity index (χ3n) is 2.66. The third kappa shape index (κ3) is 1.87. The van der Waals surface area contributed by atoms with Gasteiger partial charge in [0.05, 0.1) is 0 Å². The Labute approximate surface area is 95.2 Å². The van der Waals surface area contributed by atoms with Gasteiger partial charge in [0.2, 0.25) is 0 Å². The minimum atomic E-state index is 0.837. The molecular weight excluding hydrogens is 196 g/mol. The van der Waals surface area contributed by atoms with Crippen LogP contribution in [0, 0.1) is 5.41 Å². The smallest absolute Gasteiger partial charge is 0.107 e. The highest BCUT2D eigenvalue weighted by Gasteiger charge is 2.04. The van der Waals surface area contributed by atoms with E-state index in [9.17, 15) is 0 Å². The van der Waals surface area contributed by atoms with Crippen molar-refractivity contribution in [1.29, 1.82) is 5.41 Å². The first kappa shape index (κ1) is 10.6. The van der Waals surface area contributed by atoms with Crippen molar-refractivity contribution in [2.24, 2.45) is 4.99 Å². The molecule has 0 heterocycles. The molecule has 2 heteroatoms. The van der Waals surface area contributed by atoms with Crippen LogP contribution in [-0.2, 0) is 0 Å². The topological polar surface area (TPSA) is 36.2 Å². The molecule has 2 rings (SSSR count). The van der Waals surface area contributed by atoms with Gasteiger partial charge in [-0.2, -0.15) is 0 Å². The summed E-state index contributed by atoms with van der Waals surface area (Å²) in [6.45, 7) is 2.06. The number of aliphatic imine (C=N–C) groups is 1. The number of benzene rings is 2. The molecule has 0 amide bonds. The van der Waals surface area contributed by atoms with E-state index < -0.39 is 0 Å². The van der Waals surface area contributed by atoms with Crippen LogP contribution < -0.4 is 0 Å². The molecule has 2 nitrogen and oxygen atoms in total. The molecule has 0 radical (unpaired) electrons. The predicted molar refractivity (Wildman–Crippen MR) is 69.6 cm³/mol. The summed E-state index contributed by atoms with van der Waals surface area (Å²) in [5.41, 5.74) is 2.09. The normalized spacial score (nSPS) is 11.7. The highest BCUT2D eigenvalue weighted by atomic mass is 14.8. The molecule has 0 aliphatic heterocycles. The Balaban J connectivity index is 2.68. The number of nitrogens with one attached hydrogen (secondary N) is 1. The predicted octanol–water partition coefficient (Wildman–Crippen LogP) is 3.65. The Bertz CT molecular complexity index is 536. The molecule has 0 fully saturated rings. The van der Waals surface area contributed by atoms with Gasteiger partial charge >= 0.3 is 0 Å². The molecule has 2 aromatic carbocycles. The Morgan fingerprint density at radius 3 is 2.69 bits per heavy atom. The molecular formula is C14H14N2. The summed E-state index contributed by atoms with van der Waals surface area (Å²) in [7, 11) is 0. The fourth-order valence-corrected chi connectivity index (χ4v) is 1.91. The second-order valence-corrected chi connectivity index (χ2v) is 3.59. The monoisotopic (exact) mass is 210 g/mol. The fraction of sp³-hybridized carbons (Fsp3) is 0.143. The van der Waals surface area contributed by atoms with E-state index in [2.05, 4.69) is 36.2 Å². The SMILES string of the molecule is CC/C(=N\C=N)c1cccc2ccccc12. The first-order chi connectivity index (χ1) is 7.86. The average Bonchev–Trinajstić information content (AvgIpc) is 2.35. The maximum absolute atomic E-state index is 7.08. The summed E-state index contributed by atoms with van der Waals surface area (Å²) in [6, 6.07) is 14.4. The van der Waals surface area contributed by atoms with Gasteiger partial charge in [0, 0.05) is 11.3 Å². The Kier molecular flexibility index (Phi) is 3.10. The third-order valence-corrected chi connectivity index (χ3v) is 2.66. The summed E-state index contributed by atoms with van der Waals surface area (Å²) in [4.78, 5) is 4.12. The van der Waals surface area contributed by atoms with E-state index in [0.717, 1.165) is 24.0 Å². The summed E-state index contributed by atoms with van der Waals surface area (Å²) in [5, 5.41) is 9.50. The quantitative estimate of drug-likeness (QED) is 0.593. The number of rotatable bonds is 3. The molecule has 0 bridgehead atoms. The number of hydrogen-bond acceptors (Lipinski definition) is 1. The van der Waals surface area contributed by atoms with E-state index >= 15 is 0 Å². The largest absolute Gasteiger partial charge is 0.290 e. The first-order valence-corrected chi connectivity index (χ1v) is 5.40. The molecule has 1 N–H and O–H groups in total. The lowest BCUT2D eigenvalue weighted by atomic mass is 10.00. The van der Waals surface area contributed by atoms with Gasteiger partial charge in [-0.1, -0.05) is 49.4 Å². The minimum absolute atomic E-state index is 0.837. The number of nitrogens with zero attached hydrogens (tertiary/aromatic N) is 1. The van der Waals surface area contributed by atoms with E-state index in [1.807, 2.05) is 18.2 Å². The lowest BCUT2D eigenvalue weighted by Gasteiger charge is -2.07. The highest BCUT2D eigenvalue weighted by Crippen LogP contribution is 2.20. The van der Waals surface area contributed by atoms with Crippen LogP contribution in [0.3, 0.4) is 0 Å². The van der Waals surface area contributed by atoms with Crippen molar-refractivity contribution in [3.8, 4) is 0 Å². The van der Waals surface area contributed by atoms with Crippen molar-refractivity contribution >= 4 is 22.8 Å². The van der Waals surface area contributed by atoms with Gasteiger partial charge in [0.1, 0.15) is 6.34 Å². The van der Waals surface area contributed by atoms with Gasteiger partial charge < -0.3 is 0 Å². The van der Waals surface area contributed by atoms with E-state index in [-0.39, 0.29) is 0 Å². The van der Waals surface area contributed by atoms with Crippen LogP contribution in [0.5, 0.6) is 0 Å². The average molecular weight is 210 g/mol. The minimum Gasteiger partial charge on any atom is -0.290 e. The van der Waals surface area contributed by atoms with Crippen LogP contribution in [0.15, 0.2) is 47.5 Å². The van der Waals surface area contributed by atoms with Crippen LogP contribution in [0.4, 0.5) is 0 Å². The zero-order valence-corrected chi connectivity index (χ0v) is 9.27. The van der Waals surface area contributed by atoms with Crippen LogP contribution in [-0.4, -0.2) is 12.1 Å². The molecule has 0 saturated heterocycles. The summed E-state index contributed by atoms with van der Waals surface area (Å²) < 4.78 is 0. The van der Waals surface area contributed by atoms with Crippen molar-refractivity contribution in [2.45, 2.75) is 13.3 Å². The standard InChI is InChI=1S/C14H14N2/c1-2-14(16-10-15)13-9-5-7-11-6-3-4-8-12(11)13/h3-10,15H,2H2,1H3/b15-10?,16-14+.